The van der Waals surface area contributed by atoms with E-state index in [1.807, 2.05) is 0 Å². The molecule has 21 heterocycles. The molecule has 23 rings (SSSR count). The summed E-state index contributed by atoms with van der Waals surface area (Å²) in [6.07, 6.45) is -49.0. The molecule has 2 aromatic carbocycles. The molecule has 41 heteroatoms. The van der Waals surface area contributed by atoms with Crippen LogP contribution in [0.15, 0.2) is 58.3 Å². The summed E-state index contributed by atoms with van der Waals surface area (Å²) in [5.74, 6) is 0. The molecule has 0 spiro atoms. The van der Waals surface area contributed by atoms with Crippen molar-refractivity contribution in [3.05, 3.63) is 59.7 Å². The van der Waals surface area contributed by atoms with Gasteiger partial charge in [0.2, 0.25) is 0 Å². The Bertz CT molecular complexity index is 3250. The molecule has 21 aliphatic rings. The predicted octanol–water partition coefficient (Wildman–Crippen LogP) is -2.63. The number of aryl methyl sites for hydroxylation is 2. The second-order valence-electron chi connectivity index (χ2n) is 27.3. The van der Waals surface area contributed by atoms with Crippen LogP contribution in [-0.2, 0) is 161 Å². The number of hydrogen-bond donors (Lipinski definition) is 5. The van der Waals surface area contributed by atoms with Gasteiger partial charge in [0, 0.05) is 99.5 Å². The van der Waals surface area contributed by atoms with Crippen LogP contribution in [0.25, 0.3) is 0 Å². The molecule has 0 unspecified atom stereocenters. The van der Waals surface area contributed by atoms with E-state index >= 15 is 0 Å². The molecular weight excluding hydrogens is 1530 g/mol. The van der Waals surface area contributed by atoms with Crippen LogP contribution in [-0.4, -0.2) is 403 Å². The van der Waals surface area contributed by atoms with Crippen molar-refractivity contribution < 1.29 is 183 Å². The van der Waals surface area contributed by atoms with E-state index in [0.29, 0.717) is 0 Å². The molecule has 35 atom stereocenters. The zero-order valence-corrected chi connectivity index (χ0v) is 66.3. The van der Waals surface area contributed by atoms with Gasteiger partial charge in [0.05, 0.1) is 56.0 Å². The quantitative estimate of drug-likeness (QED) is 0.0571. The molecule has 0 saturated carbocycles. The number of ether oxygens (including phenoxy) is 28. The lowest BCUT2D eigenvalue weighted by molar-refractivity contribution is -0.402. The second kappa shape index (κ2) is 41.1. The van der Waals surface area contributed by atoms with E-state index < -0.39 is 281 Å². The Morgan fingerprint density at radius 1 is 0.243 bits per heavy atom. The molecule has 21 aliphatic heterocycles. The Labute approximate surface area is 645 Å². The highest BCUT2D eigenvalue weighted by atomic mass is 32.2. The highest BCUT2D eigenvalue weighted by Gasteiger charge is 2.62. The van der Waals surface area contributed by atoms with Crippen LogP contribution in [0, 0.1) is 13.8 Å². The first kappa shape index (κ1) is 90.3. The maximum absolute atomic E-state index is 14.2. The Hall–Kier alpha value is -3.06. The van der Waals surface area contributed by atoms with Crippen LogP contribution < -0.4 is 0 Å². The van der Waals surface area contributed by atoms with Gasteiger partial charge in [0.25, 0.3) is 20.2 Å². The van der Waals surface area contributed by atoms with Crippen LogP contribution >= 0.6 is 0 Å². The molecule has 5 N–H and O–H groups in total. The van der Waals surface area contributed by atoms with Gasteiger partial charge >= 0.3 is 0 Å². The van der Waals surface area contributed by atoms with Gasteiger partial charge in [0.15, 0.2) is 44.0 Å². The lowest BCUT2D eigenvalue weighted by Gasteiger charge is -2.52. The summed E-state index contributed by atoms with van der Waals surface area (Å²) in [5.41, 5.74) is 1.53. The van der Waals surface area contributed by atoms with Gasteiger partial charge in [-0.25, -0.2) is 0 Å². The first-order chi connectivity index (χ1) is 53.5. The molecule has 0 aliphatic carbocycles. The van der Waals surface area contributed by atoms with Gasteiger partial charge in [-0.05, 0) is 38.1 Å². The summed E-state index contributed by atoms with van der Waals surface area (Å²) < 4.78 is 248. The van der Waals surface area contributed by atoms with E-state index in [1.54, 1.807) is 38.1 Å². The van der Waals surface area contributed by atoms with Crippen molar-refractivity contribution in [1.29, 1.82) is 0 Å². The lowest BCUT2D eigenvalue weighted by Crippen LogP contribution is -2.69. The number of aliphatic hydroxyl groups excluding tert-OH is 5. The Morgan fingerprint density at radius 3 is 0.550 bits per heavy atom. The summed E-state index contributed by atoms with van der Waals surface area (Å²) in [4.78, 5) is -0.398. The third-order valence-electron chi connectivity index (χ3n) is 21.3. The fraction of sp³-hybridized carbons (Fsp3) is 0.829. The molecule has 39 nitrogen and oxygen atoms in total. The van der Waals surface area contributed by atoms with Crippen molar-refractivity contribution in [2.45, 2.75) is 239 Å². The molecular formula is C70H110O39S2. The molecule has 111 heavy (non-hydrogen) atoms. The molecule has 14 bridgehead atoms. The smallest absolute Gasteiger partial charge is 0.297 e. The summed E-state index contributed by atoms with van der Waals surface area (Å²) in [6.45, 7) is -1.98. The molecule has 0 radical (unpaired) electrons. The van der Waals surface area contributed by atoms with Crippen molar-refractivity contribution in [2.75, 3.05) is 146 Å². The van der Waals surface area contributed by atoms with E-state index in [1.165, 1.54) is 124 Å². The van der Waals surface area contributed by atoms with E-state index in [-0.39, 0.29) is 9.79 Å². The van der Waals surface area contributed by atoms with Gasteiger partial charge in [-0.1, -0.05) is 35.4 Å². The van der Waals surface area contributed by atoms with Gasteiger partial charge in [-0.15, -0.1) is 0 Å². The largest absolute Gasteiger partial charge is 0.394 e. The van der Waals surface area contributed by atoms with E-state index in [0.717, 1.165) is 11.1 Å². The fourth-order valence-electron chi connectivity index (χ4n) is 15.6. The van der Waals surface area contributed by atoms with Crippen LogP contribution in [0.1, 0.15) is 11.1 Å². The Morgan fingerprint density at radius 2 is 0.396 bits per heavy atom. The molecule has 21 saturated heterocycles. The van der Waals surface area contributed by atoms with Crippen molar-refractivity contribution in [3.63, 3.8) is 0 Å². The summed E-state index contributed by atoms with van der Waals surface area (Å²) >= 11 is 0. The van der Waals surface area contributed by atoms with E-state index in [4.69, 9.17) is 141 Å². The van der Waals surface area contributed by atoms with Gasteiger partial charge in [-0.3, -0.25) is 8.37 Å². The van der Waals surface area contributed by atoms with Gasteiger partial charge < -0.3 is 158 Å². The normalized spacial score (nSPS) is 42.3. The average molecular weight is 1640 g/mol. The van der Waals surface area contributed by atoms with Gasteiger partial charge in [0.1, 0.15) is 171 Å². The lowest BCUT2D eigenvalue weighted by atomic mass is 9.94. The standard InChI is InChI=1S/C70H110O39S2/c1-32-17-21-34(22-18-32)110(76,77)94-30-41-48-55(85-8)63(93-16)70(102-41)107-47-40(29-75)98-66(59(89-12)54(47)84-7)105-45-38(27-73)100-68(61(91-14)52(45)82-5)109-49-42(31-95-111(78,79)35-23-19-33(2)20-24-35)101-69(62(92-15)56(49)86-9)106-46-39(28-74)97-65(58(88-11)53(46)83-6)103-43-36(25-71)96-64(57(87-10)50(43)80-3)104-44-37(26-72)99-67(108-48)60(90-13)51(44)81-4/h17-24,36-75H,25-31H2,1-16H3/t36-,37-,38-,39-,40-,41-,42-,43-,44-,45-,46-,47-,48-,49-,50+,51+,52+,53+,54+,55+,56+,57-,58-,59-,60-,61-,62-,63-,64-,65-,66-,67-,68-,69-,70-/m1/s1. The number of methoxy groups -OCH3 is 14. The molecule has 636 valence electrons. The van der Waals surface area contributed by atoms with Crippen molar-refractivity contribution in [1.82, 2.24) is 0 Å². The maximum atomic E-state index is 14.2. The van der Waals surface area contributed by atoms with E-state index in [9.17, 15) is 42.4 Å². The van der Waals surface area contributed by atoms with Crippen molar-refractivity contribution in [3.8, 4) is 0 Å². The molecule has 0 aromatic heterocycles. The third-order valence-corrected chi connectivity index (χ3v) is 23.9. The molecule has 0 amide bonds. The molecule has 2 aromatic rings. The maximum Gasteiger partial charge on any atom is 0.297 e. The minimum Gasteiger partial charge on any atom is -0.394 e. The van der Waals surface area contributed by atoms with Crippen LogP contribution in [0.2, 0.25) is 0 Å². The summed E-state index contributed by atoms with van der Waals surface area (Å²) in [5, 5.41) is 56.8. The highest BCUT2D eigenvalue weighted by molar-refractivity contribution is 7.87. The summed E-state index contributed by atoms with van der Waals surface area (Å²) in [7, 11) is 9.40. The fourth-order valence-corrected chi connectivity index (χ4v) is 17.5. The molecule has 21 fully saturated rings. The summed E-state index contributed by atoms with van der Waals surface area (Å²) in [6, 6.07) is 11.8. The number of aliphatic hydroxyl groups is 5. The topological polar surface area (TPSA) is 446 Å². The Balaban J connectivity index is 1.07. The zero-order valence-electron chi connectivity index (χ0n) is 64.7. The highest BCUT2D eigenvalue weighted by Crippen LogP contribution is 2.43. The van der Waals surface area contributed by atoms with Crippen LogP contribution in [0.3, 0.4) is 0 Å². The monoisotopic (exact) mass is 1640 g/mol. The minimum atomic E-state index is -4.58. The first-order valence-corrected chi connectivity index (χ1v) is 38.8. The Kier molecular flexibility index (Phi) is 33.4. The van der Waals surface area contributed by atoms with Crippen LogP contribution in [0.4, 0.5) is 0 Å². The van der Waals surface area contributed by atoms with Gasteiger partial charge in [-0.2, -0.15) is 16.8 Å². The first-order valence-electron chi connectivity index (χ1n) is 36.0. The van der Waals surface area contributed by atoms with E-state index in [2.05, 4.69) is 0 Å². The average Bonchev–Trinajstić information content (AvgIpc) is 0.827. The van der Waals surface area contributed by atoms with Crippen LogP contribution in [0.5, 0.6) is 0 Å². The number of hydrogen-bond acceptors (Lipinski definition) is 39. The third kappa shape index (κ3) is 19.3. The second-order valence-corrected chi connectivity index (χ2v) is 30.6. The van der Waals surface area contributed by atoms with Crippen molar-refractivity contribution in [2.24, 2.45) is 0 Å². The number of rotatable bonds is 27. The number of benzene rings is 2. The van der Waals surface area contributed by atoms with Crippen molar-refractivity contribution >= 4 is 20.2 Å². The minimum absolute atomic E-state index is 0.199. The SMILES string of the molecule is CO[C@@H]1[C@@H](OC)[C@H]2O[C@H]3[C@H](OC)[C@@H](OC)[C@@H](O[C@H]4[C@H](OC)[C@@H](OC)[C@@H](O[C@H]5[C@H](OC)[C@@H](OC)[C@@H](O[C@H]6[C@H](OC)[C@@H](OC)[C@@H](O[C@H]7[C@H](OC)[C@@H](OC)[C@@H](O[C@H]8[C@H](OC)[C@@H](OC)[C@@H](O[C@@H]1[C@@H](CO)O2)O[C@@H]8CO)O[C@@H]7COS(=O)(=O)c1ccc(C)cc1)O[C@@H]6CO)O[C@@H]5CO)O[C@@H]4COS(=O)(=O)c1ccc(C)cc1)O[C@@H]3CO. The predicted molar refractivity (Wildman–Crippen MR) is 370 cm³/mol. The zero-order chi connectivity index (χ0) is 80.3.